The van der Waals surface area contributed by atoms with Gasteiger partial charge in [0.05, 0.1) is 19.5 Å². The number of carbonyl (C=O) groups excluding carboxylic acids is 1. The predicted molar refractivity (Wildman–Crippen MR) is 110 cm³/mol. The SMILES string of the molecule is BOCCOC(=O)c1cc(C(C)(C)c2ccc(OBC)cc2)ccc1OC. The lowest BCUT2D eigenvalue weighted by molar-refractivity contribution is 0.0451. The Bertz CT molecular complexity index is 759. The molecule has 0 aromatic heterocycles. The third-order valence-electron chi connectivity index (χ3n) is 4.55. The Labute approximate surface area is 162 Å². The van der Waals surface area contributed by atoms with E-state index in [9.17, 15) is 4.79 Å². The quantitative estimate of drug-likeness (QED) is 0.387. The van der Waals surface area contributed by atoms with E-state index >= 15 is 0 Å². The van der Waals surface area contributed by atoms with E-state index in [-0.39, 0.29) is 12.0 Å². The fraction of sp³-hybridized carbons (Fsp3) is 0.350. The van der Waals surface area contributed by atoms with Crippen LogP contribution >= 0.6 is 0 Å². The van der Waals surface area contributed by atoms with Crippen LogP contribution in [0.4, 0.5) is 0 Å². The molecule has 142 valence electrons. The maximum Gasteiger partial charge on any atom is 0.342 e. The van der Waals surface area contributed by atoms with Gasteiger partial charge in [-0.05, 0) is 35.4 Å². The second-order valence-electron chi connectivity index (χ2n) is 6.63. The number of benzene rings is 2. The van der Waals surface area contributed by atoms with Crippen molar-refractivity contribution in [1.29, 1.82) is 0 Å². The zero-order valence-electron chi connectivity index (χ0n) is 16.7. The molecule has 0 atom stereocenters. The van der Waals surface area contributed by atoms with Gasteiger partial charge in [0, 0.05) is 5.41 Å². The summed E-state index contributed by atoms with van der Waals surface area (Å²) in [5, 5.41) is 0. The summed E-state index contributed by atoms with van der Waals surface area (Å²) in [7, 11) is 3.74. The number of esters is 1. The van der Waals surface area contributed by atoms with Gasteiger partial charge in [0.1, 0.15) is 17.9 Å². The molecule has 0 bridgehead atoms. The molecule has 0 saturated heterocycles. The van der Waals surface area contributed by atoms with Crippen LogP contribution in [0.5, 0.6) is 11.5 Å². The first-order chi connectivity index (χ1) is 12.9. The molecular formula is C20H26B2O5. The number of hydrogen-bond donors (Lipinski definition) is 0. The third-order valence-corrected chi connectivity index (χ3v) is 4.55. The molecule has 2 rings (SSSR count). The van der Waals surface area contributed by atoms with E-state index in [0.717, 1.165) is 16.9 Å². The maximum absolute atomic E-state index is 12.5. The van der Waals surface area contributed by atoms with Gasteiger partial charge in [0.15, 0.2) is 0 Å². The summed E-state index contributed by atoms with van der Waals surface area (Å²) < 4.78 is 21.1. The minimum atomic E-state index is -0.423. The highest BCUT2D eigenvalue weighted by Gasteiger charge is 2.26. The van der Waals surface area contributed by atoms with Crippen LogP contribution in [0.15, 0.2) is 42.5 Å². The summed E-state index contributed by atoms with van der Waals surface area (Å²) in [5.41, 5.74) is 2.21. The molecule has 0 fully saturated rings. The van der Waals surface area contributed by atoms with E-state index in [4.69, 9.17) is 18.8 Å². The molecule has 0 heterocycles. The van der Waals surface area contributed by atoms with Gasteiger partial charge in [-0.25, -0.2) is 4.79 Å². The fourth-order valence-electron chi connectivity index (χ4n) is 2.85. The minimum Gasteiger partial charge on any atom is -0.565 e. The molecule has 2 aromatic rings. The van der Waals surface area contributed by atoms with Crippen LogP contribution in [0.2, 0.25) is 6.82 Å². The lowest BCUT2D eigenvalue weighted by Gasteiger charge is -2.27. The molecule has 5 nitrogen and oxygen atoms in total. The van der Waals surface area contributed by atoms with Crippen LogP contribution in [0.1, 0.15) is 35.3 Å². The molecule has 7 heteroatoms. The summed E-state index contributed by atoms with van der Waals surface area (Å²) in [6, 6.07) is 13.6. The first-order valence-corrected chi connectivity index (χ1v) is 9.02. The Kier molecular flexibility index (Phi) is 7.36. The van der Waals surface area contributed by atoms with Crippen molar-refractivity contribution in [3.05, 3.63) is 59.2 Å². The standard InChI is InChI=1S/C20H26B2O5/c1-20(2,14-5-8-16(9-6-14)27-22-3)15-7-10-18(24-4)17(13-15)19(23)25-11-12-26-21/h5-10,13,22H,11-12,21H2,1-4H3. The molecule has 2 aromatic carbocycles. The molecule has 0 N–H and O–H groups in total. The van der Waals surface area contributed by atoms with Crippen LogP contribution in [0.3, 0.4) is 0 Å². The van der Waals surface area contributed by atoms with Crippen LogP contribution in [-0.2, 0) is 14.8 Å². The van der Waals surface area contributed by atoms with Gasteiger partial charge in [0.2, 0.25) is 0 Å². The second-order valence-corrected chi connectivity index (χ2v) is 6.63. The van der Waals surface area contributed by atoms with Crippen LogP contribution in [0, 0.1) is 0 Å². The Morgan fingerprint density at radius 3 is 2.33 bits per heavy atom. The lowest BCUT2D eigenvalue weighted by atomic mass is 9.77. The van der Waals surface area contributed by atoms with Crippen molar-refractivity contribution in [2.24, 2.45) is 0 Å². The molecule has 0 radical (unpaired) electrons. The molecule has 0 amide bonds. The smallest absolute Gasteiger partial charge is 0.342 e. The van der Waals surface area contributed by atoms with Crippen molar-refractivity contribution in [2.45, 2.75) is 26.1 Å². The molecule has 0 aliphatic heterocycles. The van der Waals surface area contributed by atoms with E-state index in [1.165, 1.54) is 0 Å². The van der Waals surface area contributed by atoms with Crippen molar-refractivity contribution in [2.75, 3.05) is 20.3 Å². The second kappa shape index (κ2) is 9.51. The van der Waals surface area contributed by atoms with E-state index in [1.54, 1.807) is 21.2 Å². The molecule has 0 aliphatic rings. The Hall–Kier alpha value is -2.40. The fourth-order valence-corrected chi connectivity index (χ4v) is 2.85. The number of carbonyl (C=O) groups is 1. The van der Waals surface area contributed by atoms with Crippen LogP contribution in [0.25, 0.3) is 0 Å². The molecule has 0 spiro atoms. The summed E-state index contributed by atoms with van der Waals surface area (Å²) in [5.74, 6) is 0.908. The zero-order chi connectivity index (χ0) is 19.9. The first-order valence-electron chi connectivity index (χ1n) is 9.02. The summed E-state index contributed by atoms with van der Waals surface area (Å²) in [6.45, 7) is 6.74. The normalized spacial score (nSPS) is 11.0. The maximum atomic E-state index is 12.5. The summed E-state index contributed by atoms with van der Waals surface area (Å²) in [6.07, 6.45) is 0. The number of ether oxygens (including phenoxy) is 2. The monoisotopic (exact) mass is 368 g/mol. The van der Waals surface area contributed by atoms with E-state index in [1.807, 2.05) is 43.2 Å². The van der Waals surface area contributed by atoms with Crippen LogP contribution in [-0.4, -0.2) is 41.8 Å². The van der Waals surface area contributed by atoms with Crippen molar-refractivity contribution in [3.8, 4) is 11.5 Å². The largest absolute Gasteiger partial charge is 0.565 e. The third kappa shape index (κ3) is 5.07. The summed E-state index contributed by atoms with van der Waals surface area (Å²) >= 11 is 0. The average Bonchev–Trinajstić information content (AvgIpc) is 2.68. The van der Waals surface area contributed by atoms with Crippen molar-refractivity contribution in [1.82, 2.24) is 0 Å². The highest BCUT2D eigenvalue weighted by atomic mass is 16.5. The Morgan fingerprint density at radius 1 is 1.07 bits per heavy atom. The van der Waals surface area contributed by atoms with Crippen molar-refractivity contribution < 1.29 is 23.6 Å². The molecule has 0 aliphatic carbocycles. The number of hydrogen-bond acceptors (Lipinski definition) is 5. The number of rotatable bonds is 9. The molecule has 27 heavy (non-hydrogen) atoms. The highest BCUT2D eigenvalue weighted by Crippen LogP contribution is 2.35. The predicted octanol–water partition coefficient (Wildman–Crippen LogP) is 2.52. The summed E-state index contributed by atoms with van der Waals surface area (Å²) in [4.78, 5) is 12.5. The Balaban J connectivity index is 2.33. The Morgan fingerprint density at radius 2 is 1.74 bits per heavy atom. The van der Waals surface area contributed by atoms with Crippen LogP contribution < -0.4 is 9.39 Å². The first kappa shape index (κ1) is 20.9. The van der Waals surface area contributed by atoms with Gasteiger partial charge < -0.3 is 18.8 Å². The topological polar surface area (TPSA) is 54.0 Å². The molecular weight excluding hydrogens is 342 g/mol. The molecule has 0 unspecified atom stereocenters. The van der Waals surface area contributed by atoms with Gasteiger partial charge in [-0.15, -0.1) is 0 Å². The van der Waals surface area contributed by atoms with Crippen molar-refractivity contribution >= 4 is 21.5 Å². The number of methoxy groups -OCH3 is 1. The molecule has 0 saturated carbocycles. The minimum absolute atomic E-state index is 0.199. The average molecular weight is 368 g/mol. The van der Waals surface area contributed by atoms with Gasteiger partial charge >= 0.3 is 13.5 Å². The van der Waals surface area contributed by atoms with Gasteiger partial charge in [-0.2, -0.15) is 0 Å². The van der Waals surface area contributed by atoms with Gasteiger partial charge in [-0.1, -0.05) is 38.9 Å². The van der Waals surface area contributed by atoms with E-state index in [2.05, 4.69) is 13.8 Å². The van der Waals surface area contributed by atoms with E-state index in [0.29, 0.717) is 25.4 Å². The van der Waals surface area contributed by atoms with Gasteiger partial charge in [-0.3, -0.25) is 0 Å². The zero-order valence-corrected chi connectivity index (χ0v) is 16.7. The van der Waals surface area contributed by atoms with E-state index < -0.39 is 5.97 Å². The van der Waals surface area contributed by atoms with Crippen molar-refractivity contribution in [3.63, 3.8) is 0 Å². The lowest BCUT2D eigenvalue weighted by Crippen LogP contribution is -2.20. The van der Waals surface area contributed by atoms with Gasteiger partial charge in [0.25, 0.3) is 8.05 Å². The highest BCUT2D eigenvalue weighted by molar-refractivity contribution is 6.26.